The summed E-state index contributed by atoms with van der Waals surface area (Å²) in [7, 11) is 0. The van der Waals surface area contributed by atoms with Crippen molar-refractivity contribution in [1.29, 1.82) is 0 Å². The number of amides is 1. The molecule has 1 aromatic rings. The van der Waals surface area contributed by atoms with Crippen molar-refractivity contribution in [2.45, 2.75) is 57.1 Å². The molecule has 2 bridgehead atoms. The molecule has 1 aliphatic heterocycles. The third-order valence-electron chi connectivity index (χ3n) is 6.65. The Kier molecular flexibility index (Phi) is 5.42. The van der Waals surface area contributed by atoms with Crippen LogP contribution in [0.5, 0.6) is 5.75 Å². The van der Waals surface area contributed by atoms with Gasteiger partial charge in [-0.3, -0.25) is 4.79 Å². The Morgan fingerprint density at radius 1 is 1.08 bits per heavy atom. The van der Waals surface area contributed by atoms with Crippen LogP contribution in [0.4, 0.5) is 0 Å². The van der Waals surface area contributed by atoms with Crippen LogP contribution in [-0.2, 0) is 4.79 Å². The van der Waals surface area contributed by atoms with E-state index in [2.05, 4.69) is 4.90 Å². The number of hydrogen-bond acceptors (Lipinski definition) is 3. The van der Waals surface area contributed by atoms with E-state index < -0.39 is 0 Å². The number of carbonyl (C=O) groups excluding carboxylic acids is 1. The lowest BCUT2D eigenvalue weighted by Crippen LogP contribution is -2.51. The van der Waals surface area contributed by atoms with E-state index in [1.54, 1.807) is 0 Å². The summed E-state index contributed by atoms with van der Waals surface area (Å²) < 4.78 is 6.05. The van der Waals surface area contributed by atoms with E-state index >= 15 is 0 Å². The molecule has 5 heteroatoms. The summed E-state index contributed by atoms with van der Waals surface area (Å²) in [6, 6.07) is 7.92. The Hall–Kier alpha value is -1.26. The second kappa shape index (κ2) is 7.77. The number of ether oxygens (including phenoxy) is 1. The summed E-state index contributed by atoms with van der Waals surface area (Å²) in [6.45, 7) is 1.57. The SMILES string of the molecule is NC1C2CCCC1CC(C(=O)N1CCC(Oc3ccccc3Cl)CC1)C2. The zero-order valence-corrected chi connectivity index (χ0v) is 16.0. The van der Waals surface area contributed by atoms with Crippen molar-refractivity contribution < 1.29 is 9.53 Å². The quantitative estimate of drug-likeness (QED) is 0.871. The molecule has 0 radical (unpaired) electrons. The summed E-state index contributed by atoms with van der Waals surface area (Å²) in [5, 5.41) is 0.649. The summed E-state index contributed by atoms with van der Waals surface area (Å²) in [5.41, 5.74) is 6.38. The van der Waals surface area contributed by atoms with Crippen LogP contribution < -0.4 is 10.5 Å². The first-order valence-corrected chi connectivity index (χ1v) is 10.4. The molecule has 0 spiro atoms. The van der Waals surface area contributed by atoms with Crippen molar-refractivity contribution in [2.24, 2.45) is 23.5 Å². The van der Waals surface area contributed by atoms with Crippen molar-refractivity contribution in [2.75, 3.05) is 13.1 Å². The number of carbonyl (C=O) groups is 1. The third kappa shape index (κ3) is 3.72. The van der Waals surface area contributed by atoms with Gasteiger partial charge in [-0.2, -0.15) is 0 Å². The van der Waals surface area contributed by atoms with E-state index in [4.69, 9.17) is 22.1 Å². The van der Waals surface area contributed by atoms with Gasteiger partial charge in [0.05, 0.1) is 5.02 Å². The molecule has 1 amide bonds. The van der Waals surface area contributed by atoms with Gasteiger partial charge in [0.2, 0.25) is 5.91 Å². The first-order valence-electron chi connectivity index (χ1n) is 10.1. The summed E-state index contributed by atoms with van der Waals surface area (Å²) in [5.74, 6) is 2.39. The van der Waals surface area contributed by atoms with Gasteiger partial charge in [0.15, 0.2) is 0 Å². The lowest BCUT2D eigenvalue weighted by atomic mass is 9.65. The van der Waals surface area contributed by atoms with Gasteiger partial charge in [-0.15, -0.1) is 0 Å². The highest BCUT2D eigenvalue weighted by Gasteiger charge is 2.42. The smallest absolute Gasteiger partial charge is 0.225 e. The maximum absolute atomic E-state index is 13.0. The molecule has 4 rings (SSSR count). The largest absolute Gasteiger partial charge is 0.489 e. The van der Waals surface area contributed by atoms with E-state index in [-0.39, 0.29) is 12.0 Å². The first kappa shape index (κ1) is 18.1. The van der Waals surface area contributed by atoms with Gasteiger partial charge in [-0.05, 0) is 49.7 Å². The molecule has 3 aliphatic rings. The van der Waals surface area contributed by atoms with Crippen molar-refractivity contribution in [1.82, 2.24) is 4.90 Å². The van der Waals surface area contributed by atoms with Gasteiger partial charge in [0.1, 0.15) is 11.9 Å². The lowest BCUT2D eigenvalue weighted by Gasteiger charge is -2.45. The Morgan fingerprint density at radius 3 is 2.38 bits per heavy atom. The molecule has 2 saturated carbocycles. The van der Waals surface area contributed by atoms with Gasteiger partial charge in [-0.25, -0.2) is 0 Å². The molecule has 26 heavy (non-hydrogen) atoms. The molecule has 4 nitrogen and oxygen atoms in total. The Labute approximate surface area is 161 Å². The molecule has 3 fully saturated rings. The number of halogens is 1. The number of rotatable bonds is 3. The molecule has 1 aromatic carbocycles. The second-order valence-corrected chi connectivity index (χ2v) is 8.68. The number of hydrogen-bond donors (Lipinski definition) is 1. The van der Waals surface area contributed by atoms with Crippen LogP contribution in [0.3, 0.4) is 0 Å². The predicted octanol–water partition coefficient (Wildman–Crippen LogP) is 3.86. The van der Waals surface area contributed by atoms with E-state index in [9.17, 15) is 4.79 Å². The van der Waals surface area contributed by atoms with Crippen LogP contribution in [0.25, 0.3) is 0 Å². The lowest BCUT2D eigenvalue weighted by molar-refractivity contribution is -0.140. The zero-order valence-electron chi connectivity index (χ0n) is 15.3. The van der Waals surface area contributed by atoms with E-state index in [0.717, 1.165) is 44.5 Å². The van der Waals surface area contributed by atoms with Crippen molar-refractivity contribution in [3.05, 3.63) is 29.3 Å². The Bertz CT molecular complexity index is 631. The summed E-state index contributed by atoms with van der Waals surface area (Å²) >= 11 is 6.18. The highest BCUT2D eigenvalue weighted by molar-refractivity contribution is 6.32. The molecule has 2 aliphatic carbocycles. The number of fused-ring (bicyclic) bond motifs is 2. The molecule has 1 heterocycles. The predicted molar refractivity (Wildman–Crippen MR) is 103 cm³/mol. The minimum atomic E-state index is 0.137. The minimum Gasteiger partial charge on any atom is -0.489 e. The van der Waals surface area contributed by atoms with Crippen molar-refractivity contribution >= 4 is 17.5 Å². The highest BCUT2D eigenvalue weighted by Crippen LogP contribution is 2.42. The number of nitrogens with zero attached hydrogens (tertiary/aromatic N) is 1. The fourth-order valence-corrected chi connectivity index (χ4v) is 5.34. The topological polar surface area (TPSA) is 55.6 Å². The Balaban J connectivity index is 1.30. The van der Waals surface area contributed by atoms with Gasteiger partial charge in [-0.1, -0.05) is 30.2 Å². The third-order valence-corrected chi connectivity index (χ3v) is 6.96. The average molecular weight is 377 g/mol. The van der Waals surface area contributed by atoms with Crippen LogP contribution >= 0.6 is 11.6 Å². The first-order chi connectivity index (χ1) is 12.6. The van der Waals surface area contributed by atoms with Crippen molar-refractivity contribution in [3.8, 4) is 5.75 Å². The van der Waals surface area contributed by atoms with Gasteiger partial charge in [0.25, 0.3) is 0 Å². The molecular formula is C21H29ClN2O2. The normalized spacial score (nSPS) is 32.3. The number of benzene rings is 1. The van der Waals surface area contributed by atoms with E-state index in [1.807, 2.05) is 24.3 Å². The fourth-order valence-electron chi connectivity index (χ4n) is 5.16. The summed E-state index contributed by atoms with van der Waals surface area (Å²) in [6.07, 6.45) is 7.56. The number of nitrogens with two attached hydrogens (primary N) is 1. The fraction of sp³-hybridized carbons (Fsp3) is 0.667. The molecule has 2 N–H and O–H groups in total. The van der Waals surface area contributed by atoms with Gasteiger partial charge < -0.3 is 15.4 Å². The zero-order chi connectivity index (χ0) is 18.1. The highest BCUT2D eigenvalue weighted by atomic mass is 35.5. The average Bonchev–Trinajstić information content (AvgIpc) is 2.63. The van der Waals surface area contributed by atoms with Crippen LogP contribution in [0.15, 0.2) is 24.3 Å². The van der Waals surface area contributed by atoms with Crippen molar-refractivity contribution in [3.63, 3.8) is 0 Å². The Morgan fingerprint density at radius 2 is 1.73 bits per heavy atom. The van der Waals surface area contributed by atoms with E-state index in [1.165, 1.54) is 19.3 Å². The number of likely N-dealkylation sites (tertiary alicyclic amines) is 1. The number of piperidine rings is 1. The van der Waals surface area contributed by atoms with Crippen LogP contribution in [0.2, 0.25) is 5.02 Å². The summed E-state index contributed by atoms with van der Waals surface area (Å²) in [4.78, 5) is 15.1. The monoisotopic (exact) mass is 376 g/mol. The molecular weight excluding hydrogens is 348 g/mol. The molecule has 2 atom stereocenters. The van der Waals surface area contributed by atoms with Crippen LogP contribution in [0, 0.1) is 17.8 Å². The second-order valence-electron chi connectivity index (χ2n) is 8.27. The van der Waals surface area contributed by atoms with Gasteiger partial charge in [0, 0.05) is 37.9 Å². The maximum atomic E-state index is 13.0. The molecule has 142 valence electrons. The van der Waals surface area contributed by atoms with Crippen LogP contribution in [-0.4, -0.2) is 36.0 Å². The minimum absolute atomic E-state index is 0.137. The molecule has 2 unspecified atom stereocenters. The van der Waals surface area contributed by atoms with Crippen LogP contribution in [0.1, 0.15) is 44.9 Å². The molecule has 0 aromatic heterocycles. The molecule has 1 saturated heterocycles. The maximum Gasteiger partial charge on any atom is 0.225 e. The van der Waals surface area contributed by atoms with Gasteiger partial charge >= 0.3 is 0 Å². The number of para-hydroxylation sites is 1. The standard InChI is InChI=1S/C21H29ClN2O2/c22-18-6-1-2-7-19(18)26-17-8-10-24(11-9-17)21(25)16-12-14-4-3-5-15(13-16)20(14)23/h1-2,6-7,14-17,20H,3-5,8-13,23H2. The van der Waals surface area contributed by atoms with E-state index in [0.29, 0.717) is 28.8 Å².